The number of nitrogens with one attached hydrogen (secondary N) is 2. The van der Waals surface area contributed by atoms with Gasteiger partial charge in [-0.05, 0) is 67.6 Å². The molecule has 0 spiro atoms. The summed E-state index contributed by atoms with van der Waals surface area (Å²) in [6.07, 6.45) is 0. The van der Waals surface area contributed by atoms with E-state index in [0.717, 1.165) is 24.7 Å². The van der Waals surface area contributed by atoms with Crippen LogP contribution in [0.2, 0.25) is 0 Å². The van der Waals surface area contributed by atoms with E-state index in [1.807, 2.05) is 19.2 Å². The quantitative estimate of drug-likeness (QED) is 0.372. The number of benzene rings is 3. The second-order valence-corrected chi connectivity index (χ2v) is 6.96. The van der Waals surface area contributed by atoms with Crippen molar-refractivity contribution in [3.05, 3.63) is 82.9 Å². The lowest BCUT2D eigenvalue weighted by Gasteiger charge is -2.12. The molecular formula is C24H20N2O7. The Bertz CT molecular complexity index is 1230. The van der Waals surface area contributed by atoms with E-state index in [2.05, 4.69) is 10.6 Å². The van der Waals surface area contributed by atoms with Crippen molar-refractivity contribution in [1.29, 1.82) is 0 Å². The molecular weight excluding hydrogens is 428 g/mol. The van der Waals surface area contributed by atoms with Crippen LogP contribution in [0.5, 0.6) is 11.5 Å². The van der Waals surface area contributed by atoms with E-state index in [9.17, 15) is 29.4 Å². The molecule has 0 aliphatic carbocycles. The lowest BCUT2D eigenvalue weighted by molar-refractivity contribution is 0.0690. The molecule has 0 aromatic heterocycles. The fourth-order valence-electron chi connectivity index (χ4n) is 3.06. The summed E-state index contributed by atoms with van der Waals surface area (Å²) in [7, 11) is 1.81. The van der Waals surface area contributed by atoms with Gasteiger partial charge in [0.05, 0.1) is 16.7 Å². The SMILES string of the molecule is CNc1ccc(Oc2ccc(NC(=O)c3cc(C(C)=O)c(C(=O)O)cc3C(=O)O)cc2)cc1. The Labute approximate surface area is 188 Å². The van der Waals surface area contributed by atoms with Crippen LogP contribution in [0, 0.1) is 0 Å². The van der Waals surface area contributed by atoms with E-state index in [-0.39, 0.29) is 11.1 Å². The minimum atomic E-state index is -1.49. The maximum atomic E-state index is 12.8. The molecule has 3 rings (SSSR count). The van der Waals surface area contributed by atoms with E-state index in [0.29, 0.717) is 17.2 Å². The molecule has 1 amide bonds. The second kappa shape index (κ2) is 9.65. The molecule has 168 valence electrons. The molecule has 0 unspecified atom stereocenters. The fraction of sp³-hybridized carbons (Fsp3) is 0.0833. The van der Waals surface area contributed by atoms with Crippen LogP contribution in [0.1, 0.15) is 48.4 Å². The first kappa shape index (κ1) is 23.0. The van der Waals surface area contributed by atoms with Gasteiger partial charge < -0.3 is 25.6 Å². The van der Waals surface area contributed by atoms with Crippen molar-refractivity contribution >= 4 is 35.0 Å². The van der Waals surface area contributed by atoms with Gasteiger partial charge in [-0.3, -0.25) is 9.59 Å². The maximum absolute atomic E-state index is 12.8. The minimum absolute atomic E-state index is 0.259. The lowest BCUT2D eigenvalue weighted by Crippen LogP contribution is -2.19. The average molecular weight is 448 g/mol. The Morgan fingerprint density at radius 2 is 1.15 bits per heavy atom. The second-order valence-electron chi connectivity index (χ2n) is 6.96. The number of anilines is 2. The van der Waals surface area contributed by atoms with Gasteiger partial charge in [0.15, 0.2) is 5.78 Å². The number of rotatable bonds is 8. The number of hydrogen-bond donors (Lipinski definition) is 4. The van der Waals surface area contributed by atoms with E-state index in [1.54, 1.807) is 36.4 Å². The number of ether oxygens (including phenoxy) is 1. The average Bonchev–Trinajstić information content (AvgIpc) is 2.79. The van der Waals surface area contributed by atoms with Crippen molar-refractivity contribution in [2.24, 2.45) is 0 Å². The van der Waals surface area contributed by atoms with E-state index in [4.69, 9.17) is 4.74 Å². The number of carbonyl (C=O) groups is 4. The monoisotopic (exact) mass is 448 g/mol. The van der Waals surface area contributed by atoms with Gasteiger partial charge in [-0.25, -0.2) is 9.59 Å². The number of carboxylic acids is 2. The Kier molecular flexibility index (Phi) is 6.73. The molecule has 3 aromatic carbocycles. The first-order chi connectivity index (χ1) is 15.7. The van der Waals surface area contributed by atoms with Gasteiger partial charge in [0.2, 0.25) is 0 Å². The van der Waals surface area contributed by atoms with Crippen LogP contribution in [0.15, 0.2) is 60.7 Å². The molecule has 0 saturated heterocycles. The molecule has 0 heterocycles. The molecule has 0 bridgehead atoms. The highest BCUT2D eigenvalue weighted by Gasteiger charge is 2.24. The molecule has 0 fully saturated rings. The highest BCUT2D eigenvalue weighted by atomic mass is 16.5. The van der Waals surface area contributed by atoms with Crippen molar-refractivity contribution in [1.82, 2.24) is 0 Å². The number of amides is 1. The summed E-state index contributed by atoms with van der Waals surface area (Å²) in [5, 5.41) is 24.3. The topological polar surface area (TPSA) is 142 Å². The maximum Gasteiger partial charge on any atom is 0.336 e. The third kappa shape index (κ3) is 5.34. The molecule has 33 heavy (non-hydrogen) atoms. The predicted octanol–water partition coefficient (Wildman–Crippen LogP) is 4.37. The van der Waals surface area contributed by atoms with E-state index >= 15 is 0 Å². The zero-order valence-corrected chi connectivity index (χ0v) is 17.7. The summed E-state index contributed by atoms with van der Waals surface area (Å²) >= 11 is 0. The molecule has 0 atom stereocenters. The van der Waals surface area contributed by atoms with Gasteiger partial charge in [0.25, 0.3) is 5.91 Å². The molecule has 0 aliphatic rings. The van der Waals surface area contributed by atoms with Gasteiger partial charge in [-0.1, -0.05) is 0 Å². The Balaban J connectivity index is 1.83. The molecule has 4 N–H and O–H groups in total. The number of aromatic carboxylic acids is 2. The summed E-state index contributed by atoms with van der Waals surface area (Å²) in [6.45, 7) is 1.13. The highest BCUT2D eigenvalue weighted by Crippen LogP contribution is 2.25. The normalized spacial score (nSPS) is 10.2. The van der Waals surface area contributed by atoms with Gasteiger partial charge in [-0.15, -0.1) is 0 Å². The van der Waals surface area contributed by atoms with Crippen molar-refractivity contribution in [2.45, 2.75) is 6.92 Å². The zero-order valence-electron chi connectivity index (χ0n) is 17.7. The summed E-state index contributed by atoms with van der Waals surface area (Å²) in [6, 6.07) is 15.5. The minimum Gasteiger partial charge on any atom is -0.478 e. The number of ketones is 1. The van der Waals surface area contributed by atoms with Crippen molar-refractivity contribution in [3.8, 4) is 11.5 Å². The molecule has 9 nitrogen and oxygen atoms in total. The third-order valence-electron chi connectivity index (χ3n) is 4.73. The molecule has 3 aromatic rings. The van der Waals surface area contributed by atoms with Crippen LogP contribution in [-0.4, -0.2) is 40.9 Å². The van der Waals surface area contributed by atoms with Crippen LogP contribution >= 0.6 is 0 Å². The third-order valence-corrected chi connectivity index (χ3v) is 4.73. The first-order valence-electron chi connectivity index (χ1n) is 9.72. The number of Topliss-reactive ketones (excluding diaryl/α,β-unsaturated/α-hetero) is 1. The largest absolute Gasteiger partial charge is 0.478 e. The summed E-state index contributed by atoms with van der Waals surface area (Å²) in [5.41, 5.74) is -0.319. The van der Waals surface area contributed by atoms with Gasteiger partial charge >= 0.3 is 11.9 Å². The standard InChI is InChI=1S/C24H20N2O7/c1-13(27)18-11-19(21(24(31)32)12-20(18)23(29)30)22(28)26-15-5-9-17(10-6-15)33-16-7-3-14(25-2)4-8-16/h3-12,25H,1-2H3,(H,26,28)(H,29,30)(H,31,32). The Hall–Kier alpha value is -4.66. The van der Waals surface area contributed by atoms with Crippen LogP contribution in [0.3, 0.4) is 0 Å². The number of carbonyl (C=O) groups excluding carboxylic acids is 2. The van der Waals surface area contributed by atoms with E-state index in [1.165, 1.54) is 0 Å². The van der Waals surface area contributed by atoms with Gasteiger partial charge in [-0.2, -0.15) is 0 Å². The van der Waals surface area contributed by atoms with Crippen molar-refractivity contribution in [3.63, 3.8) is 0 Å². The highest BCUT2D eigenvalue weighted by molar-refractivity contribution is 6.14. The zero-order chi connectivity index (χ0) is 24.1. The van der Waals surface area contributed by atoms with Crippen LogP contribution in [0.4, 0.5) is 11.4 Å². The number of hydrogen-bond acceptors (Lipinski definition) is 6. The van der Waals surface area contributed by atoms with Crippen LogP contribution in [0.25, 0.3) is 0 Å². The summed E-state index contributed by atoms with van der Waals surface area (Å²) in [4.78, 5) is 47.6. The smallest absolute Gasteiger partial charge is 0.336 e. The van der Waals surface area contributed by atoms with Crippen LogP contribution in [-0.2, 0) is 0 Å². The molecule has 0 radical (unpaired) electrons. The van der Waals surface area contributed by atoms with Gasteiger partial charge in [0, 0.05) is 24.0 Å². The number of carboxylic acid groups (broad SMARTS) is 2. The first-order valence-corrected chi connectivity index (χ1v) is 9.72. The fourth-order valence-corrected chi connectivity index (χ4v) is 3.06. The summed E-state index contributed by atoms with van der Waals surface area (Å²) < 4.78 is 5.74. The Morgan fingerprint density at radius 3 is 1.61 bits per heavy atom. The van der Waals surface area contributed by atoms with Crippen LogP contribution < -0.4 is 15.4 Å². The van der Waals surface area contributed by atoms with E-state index < -0.39 is 34.8 Å². The lowest BCUT2D eigenvalue weighted by atomic mass is 9.95. The van der Waals surface area contributed by atoms with Crippen molar-refractivity contribution in [2.75, 3.05) is 17.7 Å². The predicted molar refractivity (Wildman–Crippen MR) is 121 cm³/mol. The molecule has 0 saturated carbocycles. The summed E-state index contributed by atoms with van der Waals surface area (Å²) in [5.74, 6) is -3.24. The Morgan fingerprint density at radius 1 is 0.697 bits per heavy atom. The molecule has 9 heteroatoms. The van der Waals surface area contributed by atoms with Crippen molar-refractivity contribution < 1.29 is 34.1 Å². The molecule has 0 aliphatic heterocycles. The van der Waals surface area contributed by atoms with Gasteiger partial charge in [0.1, 0.15) is 11.5 Å².